The highest BCUT2D eigenvalue weighted by Gasteiger charge is 2.19. The number of hydrogen-bond acceptors (Lipinski definition) is 5. The highest BCUT2D eigenvalue weighted by atomic mass is 32.1. The van der Waals surface area contributed by atoms with Crippen molar-refractivity contribution in [3.05, 3.63) is 34.7 Å². The van der Waals surface area contributed by atoms with Gasteiger partial charge in [0.15, 0.2) is 0 Å². The molecule has 3 heterocycles. The van der Waals surface area contributed by atoms with E-state index in [-0.39, 0.29) is 12.1 Å². The fourth-order valence-electron chi connectivity index (χ4n) is 4.03. The van der Waals surface area contributed by atoms with Gasteiger partial charge in [-0.05, 0) is 56.3 Å². The number of aryl methyl sites for hydroxylation is 1. The maximum atomic E-state index is 12.2. The van der Waals surface area contributed by atoms with E-state index in [0.717, 1.165) is 56.1 Å². The van der Waals surface area contributed by atoms with Gasteiger partial charge in [-0.3, -0.25) is 5.32 Å². The van der Waals surface area contributed by atoms with Crippen LogP contribution in [-0.4, -0.2) is 43.4 Å². The molecule has 2 aromatic rings. The van der Waals surface area contributed by atoms with Crippen molar-refractivity contribution in [1.29, 1.82) is 0 Å². The molecule has 1 aromatic heterocycles. The molecule has 2 aliphatic rings. The van der Waals surface area contributed by atoms with Crippen LogP contribution in [0.1, 0.15) is 42.7 Å². The standard InChI is InChI=1S/C21H28N4O2S/c1-14-10-15(6-7-18(14)16-4-3-9-27-12-16)20-24-19(13-28-20)25-21(26)23-17-5-2-8-22-11-17/h6-7,10,13,16-17,22H,2-5,8-9,11-12H2,1H3,(H2,23,25,26)/t16?,17-/m0/s1. The molecule has 0 bridgehead atoms. The van der Waals surface area contributed by atoms with Crippen LogP contribution >= 0.6 is 11.3 Å². The van der Waals surface area contributed by atoms with Gasteiger partial charge in [0.05, 0.1) is 6.61 Å². The van der Waals surface area contributed by atoms with Crippen molar-refractivity contribution in [1.82, 2.24) is 15.6 Å². The van der Waals surface area contributed by atoms with E-state index in [2.05, 4.69) is 46.1 Å². The lowest BCUT2D eigenvalue weighted by Crippen LogP contribution is -2.47. The number of carbonyl (C=O) groups is 1. The number of hydrogen-bond donors (Lipinski definition) is 3. The van der Waals surface area contributed by atoms with Gasteiger partial charge in [-0.15, -0.1) is 11.3 Å². The number of benzene rings is 1. The molecule has 2 saturated heterocycles. The van der Waals surface area contributed by atoms with Crippen molar-refractivity contribution in [3.8, 4) is 10.6 Å². The summed E-state index contributed by atoms with van der Waals surface area (Å²) >= 11 is 1.55. The Morgan fingerprint density at radius 2 is 2.25 bits per heavy atom. The topological polar surface area (TPSA) is 75.3 Å². The van der Waals surface area contributed by atoms with Crippen LogP contribution in [0.2, 0.25) is 0 Å². The Balaban J connectivity index is 1.39. The molecule has 0 aliphatic carbocycles. The molecule has 0 spiro atoms. The summed E-state index contributed by atoms with van der Waals surface area (Å²) in [7, 11) is 0. The molecule has 150 valence electrons. The van der Waals surface area contributed by atoms with E-state index in [4.69, 9.17) is 4.74 Å². The molecule has 28 heavy (non-hydrogen) atoms. The third-order valence-corrected chi connectivity index (χ3v) is 6.39. The average Bonchev–Trinajstić information content (AvgIpc) is 3.17. The Morgan fingerprint density at radius 3 is 3.00 bits per heavy atom. The number of piperidine rings is 1. The highest BCUT2D eigenvalue weighted by Crippen LogP contribution is 2.32. The Hall–Kier alpha value is -1.96. The van der Waals surface area contributed by atoms with Crippen molar-refractivity contribution >= 4 is 23.2 Å². The van der Waals surface area contributed by atoms with E-state index in [0.29, 0.717) is 11.7 Å². The fraction of sp³-hybridized carbons (Fsp3) is 0.524. The van der Waals surface area contributed by atoms with Gasteiger partial charge >= 0.3 is 6.03 Å². The van der Waals surface area contributed by atoms with E-state index in [9.17, 15) is 4.79 Å². The number of amides is 2. The SMILES string of the molecule is Cc1cc(-c2nc(NC(=O)N[C@H]3CCCNC3)cs2)ccc1C1CCCOC1. The molecule has 2 atom stereocenters. The molecule has 1 unspecified atom stereocenters. The molecule has 2 fully saturated rings. The minimum Gasteiger partial charge on any atom is -0.381 e. The number of aromatic nitrogens is 1. The molecule has 0 radical (unpaired) electrons. The third kappa shape index (κ3) is 4.71. The van der Waals surface area contributed by atoms with E-state index >= 15 is 0 Å². The Morgan fingerprint density at radius 1 is 1.32 bits per heavy atom. The lowest BCUT2D eigenvalue weighted by molar-refractivity contribution is 0.0803. The maximum Gasteiger partial charge on any atom is 0.320 e. The minimum atomic E-state index is -0.186. The summed E-state index contributed by atoms with van der Waals surface area (Å²) in [5.74, 6) is 1.10. The summed E-state index contributed by atoms with van der Waals surface area (Å²) in [6, 6.07) is 6.54. The third-order valence-electron chi connectivity index (χ3n) is 5.49. The zero-order valence-electron chi connectivity index (χ0n) is 16.3. The summed E-state index contributed by atoms with van der Waals surface area (Å²) in [6.07, 6.45) is 4.43. The van der Waals surface area contributed by atoms with Gasteiger partial charge in [-0.25, -0.2) is 9.78 Å². The first-order chi connectivity index (χ1) is 13.7. The van der Waals surface area contributed by atoms with Crippen LogP contribution in [0.5, 0.6) is 0 Å². The molecule has 1 aromatic carbocycles. The quantitative estimate of drug-likeness (QED) is 0.728. The van der Waals surface area contributed by atoms with Gasteiger partial charge < -0.3 is 15.4 Å². The first-order valence-electron chi connectivity index (χ1n) is 10.1. The normalized spacial score (nSPS) is 22.6. The molecule has 7 heteroatoms. The van der Waals surface area contributed by atoms with Crippen molar-refractivity contribution in [2.24, 2.45) is 0 Å². The van der Waals surface area contributed by atoms with Crippen molar-refractivity contribution in [3.63, 3.8) is 0 Å². The van der Waals surface area contributed by atoms with Crippen molar-refractivity contribution in [2.45, 2.75) is 44.6 Å². The number of ether oxygens (including phenoxy) is 1. The van der Waals surface area contributed by atoms with Crippen LogP contribution in [0.25, 0.3) is 10.6 Å². The number of urea groups is 1. The van der Waals surface area contributed by atoms with Gasteiger partial charge in [0, 0.05) is 36.1 Å². The second-order valence-electron chi connectivity index (χ2n) is 7.67. The molecule has 3 N–H and O–H groups in total. The van der Waals surface area contributed by atoms with Crippen LogP contribution in [-0.2, 0) is 4.74 Å². The van der Waals surface area contributed by atoms with E-state index in [1.807, 2.05) is 5.38 Å². The summed E-state index contributed by atoms with van der Waals surface area (Å²) in [4.78, 5) is 16.8. The molecular formula is C21H28N4O2S. The lowest BCUT2D eigenvalue weighted by atomic mass is 9.89. The predicted molar refractivity (Wildman–Crippen MR) is 113 cm³/mol. The molecule has 6 nitrogen and oxygen atoms in total. The van der Waals surface area contributed by atoms with E-state index in [1.165, 1.54) is 17.5 Å². The van der Waals surface area contributed by atoms with Crippen molar-refractivity contribution in [2.75, 3.05) is 31.6 Å². The van der Waals surface area contributed by atoms with Gasteiger partial charge in [-0.1, -0.05) is 12.1 Å². The predicted octanol–water partition coefficient (Wildman–Crippen LogP) is 3.89. The van der Waals surface area contributed by atoms with Gasteiger partial charge in [0.25, 0.3) is 0 Å². The largest absolute Gasteiger partial charge is 0.381 e. The Bertz CT molecular complexity index is 810. The van der Waals surface area contributed by atoms with E-state index < -0.39 is 0 Å². The Labute approximate surface area is 170 Å². The minimum absolute atomic E-state index is 0.186. The summed E-state index contributed by atoms with van der Waals surface area (Å²) in [6.45, 7) is 5.71. The Kier molecular flexibility index (Phi) is 6.24. The summed E-state index contributed by atoms with van der Waals surface area (Å²) in [5, 5.41) is 12.0. The second kappa shape index (κ2) is 9.03. The lowest BCUT2D eigenvalue weighted by Gasteiger charge is -2.24. The number of anilines is 1. The number of thiazole rings is 1. The molecule has 4 rings (SSSR count). The zero-order chi connectivity index (χ0) is 19.3. The zero-order valence-corrected chi connectivity index (χ0v) is 17.1. The van der Waals surface area contributed by atoms with Crippen LogP contribution in [0, 0.1) is 6.92 Å². The monoisotopic (exact) mass is 400 g/mol. The number of rotatable bonds is 4. The second-order valence-corrected chi connectivity index (χ2v) is 8.52. The fourth-order valence-corrected chi connectivity index (χ4v) is 4.78. The number of carbonyl (C=O) groups excluding carboxylic acids is 1. The molecule has 2 amide bonds. The molecule has 2 aliphatic heterocycles. The summed E-state index contributed by atoms with van der Waals surface area (Å²) in [5.41, 5.74) is 3.74. The van der Waals surface area contributed by atoms with E-state index in [1.54, 1.807) is 11.3 Å². The molecule has 0 saturated carbocycles. The van der Waals surface area contributed by atoms with Crippen LogP contribution in [0.4, 0.5) is 10.6 Å². The smallest absolute Gasteiger partial charge is 0.320 e. The van der Waals surface area contributed by atoms with Gasteiger partial charge in [0.1, 0.15) is 10.8 Å². The maximum absolute atomic E-state index is 12.2. The first kappa shape index (κ1) is 19.4. The van der Waals surface area contributed by atoms with Crippen molar-refractivity contribution < 1.29 is 9.53 Å². The van der Waals surface area contributed by atoms with Gasteiger partial charge in [-0.2, -0.15) is 0 Å². The number of nitrogens with one attached hydrogen (secondary N) is 3. The average molecular weight is 401 g/mol. The van der Waals surface area contributed by atoms with Crippen LogP contribution in [0.15, 0.2) is 23.6 Å². The molecular weight excluding hydrogens is 372 g/mol. The summed E-state index contributed by atoms with van der Waals surface area (Å²) < 4.78 is 5.64. The van der Waals surface area contributed by atoms with Gasteiger partial charge in [0.2, 0.25) is 0 Å². The first-order valence-corrected chi connectivity index (χ1v) is 11.0. The van der Waals surface area contributed by atoms with Crippen LogP contribution in [0.3, 0.4) is 0 Å². The van der Waals surface area contributed by atoms with Crippen LogP contribution < -0.4 is 16.0 Å². The number of nitrogens with zero attached hydrogens (tertiary/aromatic N) is 1. The highest BCUT2D eigenvalue weighted by molar-refractivity contribution is 7.13.